The molecule has 1 unspecified atom stereocenters. The van der Waals surface area contributed by atoms with Gasteiger partial charge in [0.25, 0.3) is 0 Å². The highest BCUT2D eigenvalue weighted by molar-refractivity contribution is 6.30. The first-order valence-corrected chi connectivity index (χ1v) is 11.8. The predicted octanol–water partition coefficient (Wildman–Crippen LogP) is 3.59. The molecular formula is C23H32ClN5O2. The molecule has 2 fully saturated rings. The number of aromatic nitrogens is 2. The largest absolute Gasteiger partial charge is 0.354 e. The summed E-state index contributed by atoms with van der Waals surface area (Å²) < 4.78 is 5.44. The minimum atomic E-state index is -0.0920. The second-order valence-electron chi connectivity index (χ2n) is 8.76. The smallest absolute Gasteiger partial charge is 0.241 e. The minimum absolute atomic E-state index is 0.0920. The summed E-state index contributed by atoms with van der Waals surface area (Å²) in [5.41, 5.74) is 0.886. The third-order valence-corrected chi connectivity index (χ3v) is 6.81. The summed E-state index contributed by atoms with van der Waals surface area (Å²) in [6.45, 7) is 6.93. The molecular weight excluding hydrogens is 414 g/mol. The van der Waals surface area contributed by atoms with Crippen molar-refractivity contribution < 1.29 is 9.32 Å². The minimum Gasteiger partial charge on any atom is -0.354 e. The van der Waals surface area contributed by atoms with Gasteiger partial charge in [-0.05, 0) is 49.9 Å². The second kappa shape index (κ2) is 10.6. The Balaban J connectivity index is 1.21. The number of hydrogen-bond donors (Lipinski definition) is 1. The molecule has 1 atom stereocenters. The van der Waals surface area contributed by atoms with Crippen molar-refractivity contribution in [2.24, 2.45) is 5.92 Å². The quantitative estimate of drug-likeness (QED) is 0.702. The number of hydrogen-bond acceptors (Lipinski definition) is 6. The lowest BCUT2D eigenvalue weighted by Crippen LogP contribution is -2.54. The molecule has 0 radical (unpaired) electrons. The Morgan fingerprint density at radius 3 is 2.58 bits per heavy atom. The number of carbonyl (C=O) groups excluding carboxylic acids is 1. The van der Waals surface area contributed by atoms with Crippen molar-refractivity contribution >= 4 is 17.5 Å². The molecule has 31 heavy (non-hydrogen) atoms. The van der Waals surface area contributed by atoms with Crippen LogP contribution in [0.1, 0.15) is 44.9 Å². The van der Waals surface area contributed by atoms with E-state index in [1.54, 1.807) is 0 Å². The van der Waals surface area contributed by atoms with Gasteiger partial charge in [-0.25, -0.2) is 0 Å². The zero-order valence-electron chi connectivity index (χ0n) is 18.2. The van der Waals surface area contributed by atoms with Gasteiger partial charge in [0.1, 0.15) is 0 Å². The van der Waals surface area contributed by atoms with E-state index in [1.165, 1.54) is 32.1 Å². The molecule has 1 saturated carbocycles. The number of benzene rings is 1. The monoisotopic (exact) mass is 445 g/mol. The molecule has 1 aliphatic heterocycles. The van der Waals surface area contributed by atoms with Crippen LogP contribution in [0.2, 0.25) is 5.02 Å². The SMILES string of the molecule is CC(C(=O)NCC1CCCCC1)N1CCN(Cc2nc(-c3ccc(Cl)cc3)no2)CC1. The van der Waals surface area contributed by atoms with E-state index < -0.39 is 0 Å². The summed E-state index contributed by atoms with van der Waals surface area (Å²) >= 11 is 5.94. The van der Waals surface area contributed by atoms with Gasteiger partial charge in [-0.15, -0.1) is 0 Å². The van der Waals surface area contributed by atoms with E-state index in [0.717, 1.165) is 38.3 Å². The third-order valence-electron chi connectivity index (χ3n) is 6.55. The Kier molecular flexibility index (Phi) is 7.58. The second-order valence-corrected chi connectivity index (χ2v) is 9.19. The number of piperazine rings is 1. The summed E-state index contributed by atoms with van der Waals surface area (Å²) in [6.07, 6.45) is 6.46. The van der Waals surface area contributed by atoms with Gasteiger partial charge in [0.05, 0.1) is 12.6 Å². The zero-order chi connectivity index (χ0) is 21.6. The fourth-order valence-electron chi connectivity index (χ4n) is 4.49. The van der Waals surface area contributed by atoms with Gasteiger partial charge in [0.15, 0.2) is 0 Å². The third kappa shape index (κ3) is 6.05. The van der Waals surface area contributed by atoms with Gasteiger partial charge in [0, 0.05) is 43.3 Å². The van der Waals surface area contributed by atoms with Crippen LogP contribution in [0.25, 0.3) is 11.4 Å². The molecule has 1 amide bonds. The highest BCUT2D eigenvalue weighted by Crippen LogP contribution is 2.23. The Morgan fingerprint density at radius 1 is 1.16 bits per heavy atom. The molecule has 1 aromatic heterocycles. The Morgan fingerprint density at radius 2 is 1.87 bits per heavy atom. The number of nitrogens with zero attached hydrogens (tertiary/aromatic N) is 4. The lowest BCUT2D eigenvalue weighted by atomic mass is 9.89. The van der Waals surface area contributed by atoms with Crippen molar-refractivity contribution in [2.75, 3.05) is 32.7 Å². The first-order valence-electron chi connectivity index (χ1n) is 11.4. The van der Waals surface area contributed by atoms with Crippen LogP contribution in [0, 0.1) is 5.92 Å². The first kappa shape index (κ1) is 22.2. The van der Waals surface area contributed by atoms with Gasteiger partial charge in [0.2, 0.25) is 17.6 Å². The summed E-state index contributed by atoms with van der Waals surface area (Å²) in [7, 11) is 0. The maximum atomic E-state index is 12.6. The van der Waals surface area contributed by atoms with E-state index in [0.29, 0.717) is 29.2 Å². The van der Waals surface area contributed by atoms with Crippen molar-refractivity contribution in [2.45, 2.75) is 51.6 Å². The van der Waals surface area contributed by atoms with Gasteiger partial charge in [-0.3, -0.25) is 14.6 Å². The predicted molar refractivity (Wildman–Crippen MR) is 121 cm³/mol. The molecule has 7 nitrogen and oxygen atoms in total. The number of carbonyl (C=O) groups is 1. The van der Waals surface area contributed by atoms with Gasteiger partial charge >= 0.3 is 0 Å². The summed E-state index contributed by atoms with van der Waals surface area (Å²) in [5, 5.41) is 7.96. The number of rotatable bonds is 7. The van der Waals surface area contributed by atoms with E-state index in [4.69, 9.17) is 16.1 Å². The van der Waals surface area contributed by atoms with Gasteiger partial charge in [-0.2, -0.15) is 4.98 Å². The van der Waals surface area contributed by atoms with Crippen LogP contribution in [-0.4, -0.2) is 64.6 Å². The molecule has 8 heteroatoms. The number of nitrogens with one attached hydrogen (secondary N) is 1. The summed E-state index contributed by atoms with van der Waals surface area (Å²) in [6, 6.07) is 7.31. The maximum Gasteiger partial charge on any atom is 0.241 e. The van der Waals surface area contributed by atoms with Crippen molar-refractivity contribution in [1.82, 2.24) is 25.3 Å². The lowest BCUT2D eigenvalue weighted by molar-refractivity contribution is -0.126. The maximum absolute atomic E-state index is 12.6. The molecule has 1 aliphatic carbocycles. The van der Waals surface area contributed by atoms with Gasteiger partial charge in [-0.1, -0.05) is 36.0 Å². The van der Waals surface area contributed by atoms with Crippen LogP contribution >= 0.6 is 11.6 Å². The van der Waals surface area contributed by atoms with Crippen LogP contribution in [-0.2, 0) is 11.3 Å². The summed E-state index contributed by atoms with van der Waals surface area (Å²) in [5.74, 6) is 2.00. The Hall–Kier alpha value is -1.96. The summed E-state index contributed by atoms with van der Waals surface area (Å²) in [4.78, 5) is 21.7. The van der Waals surface area contributed by atoms with Crippen molar-refractivity contribution in [3.05, 3.63) is 35.2 Å². The normalized spacial score (nSPS) is 19.9. The average Bonchev–Trinajstić information content (AvgIpc) is 3.27. The molecule has 1 saturated heterocycles. The molecule has 1 aromatic carbocycles. The molecule has 0 spiro atoms. The standard InChI is InChI=1S/C23H32ClN5O2/c1-17(23(30)25-15-18-5-3-2-4-6-18)29-13-11-28(12-14-29)16-21-26-22(27-31-21)19-7-9-20(24)10-8-19/h7-10,17-18H,2-6,11-16H2,1H3,(H,25,30). The van der Waals surface area contributed by atoms with Crippen molar-refractivity contribution in [3.8, 4) is 11.4 Å². The fourth-order valence-corrected chi connectivity index (χ4v) is 4.61. The highest BCUT2D eigenvalue weighted by Gasteiger charge is 2.27. The lowest BCUT2D eigenvalue weighted by Gasteiger charge is -2.37. The van der Waals surface area contributed by atoms with Crippen molar-refractivity contribution in [3.63, 3.8) is 0 Å². The molecule has 2 aromatic rings. The van der Waals surface area contributed by atoms with Gasteiger partial charge < -0.3 is 9.84 Å². The molecule has 2 aliphatic rings. The Labute approximate surface area is 189 Å². The number of amides is 1. The fraction of sp³-hybridized carbons (Fsp3) is 0.609. The van der Waals surface area contributed by atoms with Crippen LogP contribution < -0.4 is 5.32 Å². The molecule has 2 heterocycles. The van der Waals surface area contributed by atoms with Crippen LogP contribution in [0.4, 0.5) is 0 Å². The molecule has 0 bridgehead atoms. The van der Waals surface area contributed by atoms with E-state index in [-0.39, 0.29) is 11.9 Å². The molecule has 1 N–H and O–H groups in total. The van der Waals surface area contributed by atoms with Crippen LogP contribution in [0.5, 0.6) is 0 Å². The van der Waals surface area contributed by atoms with E-state index >= 15 is 0 Å². The Bertz CT molecular complexity index is 842. The van der Waals surface area contributed by atoms with Crippen LogP contribution in [0.3, 0.4) is 0 Å². The van der Waals surface area contributed by atoms with E-state index in [9.17, 15) is 4.79 Å². The first-order chi connectivity index (χ1) is 15.1. The van der Waals surface area contributed by atoms with Crippen LogP contribution in [0.15, 0.2) is 28.8 Å². The zero-order valence-corrected chi connectivity index (χ0v) is 19.0. The molecule has 4 rings (SSSR count). The average molecular weight is 446 g/mol. The number of halogens is 1. The van der Waals surface area contributed by atoms with E-state index in [1.807, 2.05) is 31.2 Å². The topological polar surface area (TPSA) is 74.5 Å². The highest BCUT2D eigenvalue weighted by atomic mass is 35.5. The molecule has 168 valence electrons. The van der Waals surface area contributed by atoms with E-state index in [2.05, 4.69) is 25.3 Å². The van der Waals surface area contributed by atoms with Crippen molar-refractivity contribution in [1.29, 1.82) is 0 Å².